The Morgan fingerprint density at radius 2 is 1.93 bits per heavy atom. The summed E-state index contributed by atoms with van der Waals surface area (Å²) in [5, 5.41) is 0. The number of benzene rings is 1. The fourth-order valence-electron chi connectivity index (χ4n) is 1.06. The number of hydrogen-bond donors (Lipinski definition) is 1. The van der Waals surface area contributed by atoms with Crippen molar-refractivity contribution >= 4 is 10.0 Å². The topological polar surface area (TPSA) is 46.2 Å². The minimum atomic E-state index is -3.39. The van der Waals surface area contributed by atoms with Gasteiger partial charge in [0.05, 0.1) is 4.90 Å². The summed E-state index contributed by atoms with van der Waals surface area (Å²) < 4.78 is 25.7. The summed E-state index contributed by atoms with van der Waals surface area (Å²) in [5.41, 5.74) is 1.03. The van der Waals surface area contributed by atoms with Gasteiger partial charge in [0.25, 0.3) is 0 Å². The third kappa shape index (κ3) is 3.39. The molecule has 1 aromatic carbocycles. The molecule has 0 saturated heterocycles. The first-order valence-corrected chi connectivity index (χ1v) is 6.04. The number of rotatable bonds is 4. The summed E-state index contributed by atoms with van der Waals surface area (Å²) in [6.45, 7) is 2.18. The van der Waals surface area contributed by atoms with E-state index in [4.69, 9.17) is 6.42 Å². The highest BCUT2D eigenvalue weighted by atomic mass is 32.2. The second-order valence-electron chi connectivity index (χ2n) is 3.16. The van der Waals surface area contributed by atoms with Gasteiger partial charge in [0, 0.05) is 13.0 Å². The second-order valence-corrected chi connectivity index (χ2v) is 4.93. The van der Waals surface area contributed by atoms with Crippen LogP contribution < -0.4 is 4.72 Å². The van der Waals surface area contributed by atoms with Gasteiger partial charge in [-0.3, -0.25) is 0 Å². The maximum atomic E-state index is 11.6. The molecule has 3 nitrogen and oxygen atoms in total. The van der Waals surface area contributed by atoms with E-state index < -0.39 is 10.0 Å². The van der Waals surface area contributed by atoms with Crippen molar-refractivity contribution in [3.8, 4) is 12.3 Å². The molecule has 0 aliphatic heterocycles. The van der Waals surface area contributed by atoms with Crippen LogP contribution in [0, 0.1) is 19.3 Å². The molecule has 0 aliphatic rings. The van der Waals surface area contributed by atoms with E-state index in [1.807, 2.05) is 6.92 Å². The average molecular weight is 223 g/mol. The third-order valence-electron chi connectivity index (χ3n) is 1.89. The molecule has 80 valence electrons. The molecule has 0 spiro atoms. The van der Waals surface area contributed by atoms with E-state index in [0.29, 0.717) is 6.42 Å². The fourth-order valence-corrected chi connectivity index (χ4v) is 2.09. The van der Waals surface area contributed by atoms with Gasteiger partial charge in [-0.2, -0.15) is 0 Å². The van der Waals surface area contributed by atoms with Gasteiger partial charge in [-0.25, -0.2) is 13.1 Å². The van der Waals surface area contributed by atoms with Crippen molar-refractivity contribution < 1.29 is 8.42 Å². The molecule has 0 atom stereocenters. The van der Waals surface area contributed by atoms with Gasteiger partial charge in [0.2, 0.25) is 10.0 Å². The van der Waals surface area contributed by atoms with Crippen molar-refractivity contribution in [2.24, 2.45) is 0 Å². The van der Waals surface area contributed by atoms with Crippen molar-refractivity contribution in [3.63, 3.8) is 0 Å². The molecule has 0 heterocycles. The van der Waals surface area contributed by atoms with Crippen LogP contribution in [-0.2, 0) is 10.0 Å². The molecule has 4 heteroatoms. The predicted octanol–water partition coefficient (Wildman–Crippen LogP) is 1.30. The van der Waals surface area contributed by atoms with Crippen molar-refractivity contribution in [1.82, 2.24) is 4.72 Å². The van der Waals surface area contributed by atoms with E-state index in [-0.39, 0.29) is 11.4 Å². The lowest BCUT2D eigenvalue weighted by molar-refractivity contribution is 0.582. The molecule has 0 aliphatic carbocycles. The van der Waals surface area contributed by atoms with Crippen LogP contribution in [0.5, 0.6) is 0 Å². The largest absolute Gasteiger partial charge is 0.240 e. The molecular weight excluding hydrogens is 210 g/mol. The Morgan fingerprint density at radius 3 is 2.47 bits per heavy atom. The number of terminal acetylenes is 1. The lowest BCUT2D eigenvalue weighted by atomic mass is 10.2. The maximum Gasteiger partial charge on any atom is 0.240 e. The van der Waals surface area contributed by atoms with Crippen LogP contribution in [-0.4, -0.2) is 15.0 Å². The first kappa shape index (κ1) is 11.8. The average Bonchev–Trinajstić information content (AvgIpc) is 2.18. The standard InChI is InChI=1S/C11H13NO2S/c1-3-4-9-12-15(13,14)11-7-5-10(2)6-8-11/h1,5-8,12H,4,9H2,2H3. The van der Waals surface area contributed by atoms with Gasteiger partial charge in [0.15, 0.2) is 0 Å². The van der Waals surface area contributed by atoms with Crippen LogP contribution in [0.25, 0.3) is 0 Å². The molecule has 1 N–H and O–H groups in total. The SMILES string of the molecule is C#CCCNS(=O)(=O)c1ccc(C)cc1. The Labute approximate surface area is 90.6 Å². The first-order chi connectivity index (χ1) is 7.06. The molecule has 1 rings (SSSR count). The zero-order valence-corrected chi connectivity index (χ0v) is 9.34. The lowest BCUT2D eigenvalue weighted by Crippen LogP contribution is -2.24. The maximum absolute atomic E-state index is 11.6. The zero-order valence-electron chi connectivity index (χ0n) is 8.53. The van der Waals surface area contributed by atoms with E-state index in [1.165, 1.54) is 0 Å². The van der Waals surface area contributed by atoms with Crippen molar-refractivity contribution in [2.45, 2.75) is 18.2 Å². The van der Waals surface area contributed by atoms with Crippen LogP contribution in [0.15, 0.2) is 29.2 Å². The summed E-state index contributed by atoms with van der Waals surface area (Å²) in [6, 6.07) is 6.67. The smallest absolute Gasteiger partial charge is 0.210 e. The highest BCUT2D eigenvalue weighted by molar-refractivity contribution is 7.89. The van der Waals surface area contributed by atoms with Crippen molar-refractivity contribution in [1.29, 1.82) is 0 Å². The molecule has 0 radical (unpaired) electrons. The monoisotopic (exact) mass is 223 g/mol. The number of hydrogen-bond acceptors (Lipinski definition) is 2. The summed E-state index contributed by atoms with van der Waals surface area (Å²) in [4.78, 5) is 0.269. The van der Waals surface area contributed by atoms with E-state index in [9.17, 15) is 8.42 Å². The van der Waals surface area contributed by atoms with Crippen LogP contribution in [0.2, 0.25) is 0 Å². The van der Waals surface area contributed by atoms with E-state index in [2.05, 4.69) is 10.6 Å². The van der Waals surface area contributed by atoms with Crippen LogP contribution in [0.3, 0.4) is 0 Å². The lowest BCUT2D eigenvalue weighted by Gasteiger charge is -2.04. The first-order valence-electron chi connectivity index (χ1n) is 4.56. The Kier molecular flexibility index (Phi) is 3.89. The quantitative estimate of drug-likeness (QED) is 0.617. The van der Waals surface area contributed by atoms with Crippen molar-refractivity contribution in [3.05, 3.63) is 29.8 Å². The predicted molar refractivity (Wildman–Crippen MR) is 59.8 cm³/mol. The molecule has 0 unspecified atom stereocenters. The minimum absolute atomic E-state index is 0.269. The Morgan fingerprint density at radius 1 is 1.33 bits per heavy atom. The zero-order chi connectivity index (χ0) is 11.3. The summed E-state index contributed by atoms with van der Waals surface area (Å²) in [6.07, 6.45) is 5.43. The molecule has 0 bridgehead atoms. The summed E-state index contributed by atoms with van der Waals surface area (Å²) in [7, 11) is -3.39. The summed E-state index contributed by atoms with van der Waals surface area (Å²) in [5.74, 6) is 2.37. The molecule has 0 saturated carbocycles. The van der Waals surface area contributed by atoms with Gasteiger partial charge in [-0.05, 0) is 19.1 Å². The molecular formula is C11H13NO2S. The highest BCUT2D eigenvalue weighted by Crippen LogP contribution is 2.09. The van der Waals surface area contributed by atoms with Gasteiger partial charge in [-0.15, -0.1) is 12.3 Å². The van der Waals surface area contributed by atoms with E-state index in [0.717, 1.165) is 5.56 Å². The van der Waals surface area contributed by atoms with E-state index in [1.54, 1.807) is 24.3 Å². The van der Waals surface area contributed by atoms with Gasteiger partial charge >= 0.3 is 0 Å². The molecule has 0 amide bonds. The molecule has 0 aromatic heterocycles. The number of aryl methyl sites for hydroxylation is 1. The van der Waals surface area contributed by atoms with Crippen LogP contribution in [0.4, 0.5) is 0 Å². The third-order valence-corrected chi connectivity index (χ3v) is 3.37. The molecule has 1 aromatic rings. The fraction of sp³-hybridized carbons (Fsp3) is 0.273. The normalized spacial score (nSPS) is 10.9. The molecule has 15 heavy (non-hydrogen) atoms. The Balaban J connectivity index is 2.79. The van der Waals surface area contributed by atoms with Gasteiger partial charge in [-0.1, -0.05) is 17.7 Å². The highest BCUT2D eigenvalue weighted by Gasteiger charge is 2.11. The Bertz CT molecular complexity index is 454. The van der Waals surface area contributed by atoms with Crippen molar-refractivity contribution in [2.75, 3.05) is 6.54 Å². The summed E-state index contributed by atoms with van der Waals surface area (Å²) >= 11 is 0. The van der Waals surface area contributed by atoms with Crippen LogP contribution >= 0.6 is 0 Å². The molecule has 0 fully saturated rings. The van der Waals surface area contributed by atoms with E-state index >= 15 is 0 Å². The Hall–Kier alpha value is -1.31. The minimum Gasteiger partial charge on any atom is -0.210 e. The van der Waals surface area contributed by atoms with Crippen LogP contribution in [0.1, 0.15) is 12.0 Å². The number of sulfonamides is 1. The second kappa shape index (κ2) is 4.96. The number of nitrogens with one attached hydrogen (secondary N) is 1. The van der Waals surface area contributed by atoms with Gasteiger partial charge < -0.3 is 0 Å². The van der Waals surface area contributed by atoms with Gasteiger partial charge in [0.1, 0.15) is 0 Å².